The Balaban J connectivity index is 1.41. The molecular weight excluding hydrogens is 654 g/mol. The molecule has 1 unspecified atom stereocenters. The normalized spacial score (nSPS) is 15.6. The molecule has 1 saturated heterocycles. The second kappa shape index (κ2) is 17.2. The topological polar surface area (TPSA) is 102 Å². The number of nitrogens with zero attached hydrogens (tertiary/aromatic N) is 3. The van der Waals surface area contributed by atoms with Gasteiger partial charge in [0.1, 0.15) is 17.4 Å². The Morgan fingerprint density at radius 1 is 0.911 bits per heavy atom. The van der Waals surface area contributed by atoms with Crippen LogP contribution < -0.4 is 15.8 Å². The Morgan fingerprint density at radius 2 is 1.53 bits per heavy atom. The third-order valence-electron chi connectivity index (χ3n) is 7.81. The zero-order valence-electron chi connectivity index (χ0n) is 25.7. The van der Waals surface area contributed by atoms with Crippen molar-refractivity contribution < 1.29 is 9.59 Å². The number of aliphatic imine (C=N–C) groups is 1. The molecule has 0 aliphatic carbocycles. The predicted molar refractivity (Wildman–Crippen MR) is 186 cm³/mol. The fourth-order valence-electron chi connectivity index (χ4n) is 5.37. The zero-order chi connectivity index (χ0) is 32.3. The number of carbonyl (C=O) groups is 2. The highest BCUT2D eigenvalue weighted by molar-refractivity contribution is 6.43. The van der Waals surface area contributed by atoms with Crippen molar-refractivity contribution in [1.29, 1.82) is 0 Å². The molecule has 0 radical (unpaired) electrons. The molecule has 0 spiro atoms. The van der Waals surface area contributed by atoms with E-state index in [0.717, 1.165) is 24.8 Å². The van der Waals surface area contributed by atoms with Crippen LogP contribution in [-0.4, -0.2) is 27.8 Å². The van der Waals surface area contributed by atoms with Gasteiger partial charge in [0.2, 0.25) is 5.91 Å². The number of aromatic amines is 1. The van der Waals surface area contributed by atoms with Crippen LogP contribution in [-0.2, 0) is 9.59 Å². The molecule has 3 aromatic rings. The van der Waals surface area contributed by atoms with Crippen molar-refractivity contribution in [2.45, 2.75) is 96.8 Å². The lowest BCUT2D eigenvalue weighted by Gasteiger charge is -2.19. The molecule has 0 saturated carbocycles. The number of hydrogen-bond donors (Lipinski definition) is 3. The first-order valence-corrected chi connectivity index (χ1v) is 17.1. The van der Waals surface area contributed by atoms with Gasteiger partial charge in [-0.1, -0.05) is 118 Å². The van der Waals surface area contributed by atoms with Crippen LogP contribution in [0, 0.1) is 6.92 Å². The van der Waals surface area contributed by atoms with Crippen molar-refractivity contribution in [2.75, 3.05) is 10.3 Å². The van der Waals surface area contributed by atoms with Crippen molar-refractivity contribution >= 4 is 81.1 Å². The molecule has 2 heterocycles. The van der Waals surface area contributed by atoms with Crippen LogP contribution in [0.25, 0.3) is 0 Å². The van der Waals surface area contributed by atoms with Crippen LogP contribution in [0.4, 0.5) is 17.1 Å². The van der Waals surface area contributed by atoms with Crippen molar-refractivity contribution in [3.63, 3.8) is 0 Å². The summed E-state index contributed by atoms with van der Waals surface area (Å²) in [5.41, 5.74) is 5.56. The van der Waals surface area contributed by atoms with Crippen LogP contribution in [0.3, 0.4) is 0 Å². The van der Waals surface area contributed by atoms with Crippen molar-refractivity contribution in [3.05, 3.63) is 67.9 Å². The minimum Gasteiger partial charge on any atom is -0.326 e. The van der Waals surface area contributed by atoms with E-state index in [9.17, 15) is 9.59 Å². The molecular formula is C33H40Cl4N6O2. The highest BCUT2D eigenvalue weighted by Crippen LogP contribution is 2.40. The number of rotatable bonds is 16. The number of nitrogens with one attached hydrogen (secondary N) is 3. The Hall–Kier alpha value is -2.78. The average molecular weight is 695 g/mol. The lowest BCUT2D eigenvalue weighted by molar-refractivity contribution is -0.118. The maximum absolute atomic E-state index is 13.8. The number of anilines is 2. The van der Waals surface area contributed by atoms with Gasteiger partial charge in [0, 0.05) is 17.1 Å². The summed E-state index contributed by atoms with van der Waals surface area (Å²) in [5, 5.41) is 12.3. The molecule has 1 aliphatic heterocycles. The summed E-state index contributed by atoms with van der Waals surface area (Å²) in [6, 6.07) is 8.08. The predicted octanol–water partition coefficient (Wildman–Crippen LogP) is 10.3. The number of amides is 2. The van der Waals surface area contributed by atoms with Gasteiger partial charge in [-0.2, -0.15) is 5.10 Å². The fraction of sp³-hybridized carbons (Fsp3) is 0.455. The second-order valence-electron chi connectivity index (χ2n) is 11.4. The monoisotopic (exact) mass is 692 g/mol. The molecule has 8 nitrogen and oxygen atoms in total. The first-order valence-electron chi connectivity index (χ1n) is 15.6. The number of carbonyl (C=O) groups excluding carboxylic acids is 2. The molecule has 3 N–H and O–H groups in total. The Kier molecular flexibility index (Phi) is 13.4. The van der Waals surface area contributed by atoms with Gasteiger partial charge >= 0.3 is 0 Å². The van der Waals surface area contributed by atoms with E-state index in [-0.39, 0.29) is 33.4 Å². The molecule has 1 aromatic heterocycles. The van der Waals surface area contributed by atoms with Gasteiger partial charge in [-0.3, -0.25) is 20.1 Å². The molecule has 242 valence electrons. The summed E-state index contributed by atoms with van der Waals surface area (Å²) < 4.78 is 0. The van der Waals surface area contributed by atoms with E-state index in [1.165, 1.54) is 68.5 Å². The average Bonchev–Trinajstić information content (AvgIpc) is 3.54. The summed E-state index contributed by atoms with van der Waals surface area (Å²) in [5.74, 6) is -1.03. The Bertz CT molecular complexity index is 1490. The molecule has 1 fully saturated rings. The second-order valence-corrected chi connectivity index (χ2v) is 13.1. The number of unbranched alkanes of at least 4 members (excludes halogenated alkanes) is 10. The number of benzene rings is 2. The summed E-state index contributed by atoms with van der Waals surface area (Å²) in [6.07, 6.45) is 15.5. The standard InChI is InChI=1S/C33H40Cl4N6O2/c1-3-4-5-6-7-8-9-10-11-12-13-14-28(44)39-23-15-16-24(35)27(19-23)40-32-29(30-21(2)20-38-41-30)33(45)43(42-32)31-25(36)17-22(34)18-26(31)37/h15-20,29H,3-14H2,1-2H3,(H,38,41)(H,39,44)(H,40,42). The lowest BCUT2D eigenvalue weighted by atomic mass is 10.0. The van der Waals surface area contributed by atoms with Crippen molar-refractivity contribution in [3.8, 4) is 0 Å². The van der Waals surface area contributed by atoms with E-state index in [0.29, 0.717) is 33.5 Å². The summed E-state index contributed by atoms with van der Waals surface area (Å²) >= 11 is 25.5. The number of halogens is 4. The Labute approximate surface area is 285 Å². The molecule has 1 atom stereocenters. The third kappa shape index (κ3) is 9.61. The summed E-state index contributed by atoms with van der Waals surface area (Å²) in [4.78, 5) is 31.2. The van der Waals surface area contributed by atoms with E-state index in [1.54, 1.807) is 24.4 Å². The van der Waals surface area contributed by atoms with Gasteiger partial charge in [-0.15, -0.1) is 0 Å². The van der Waals surface area contributed by atoms with Crippen LogP contribution in [0.15, 0.2) is 41.5 Å². The lowest BCUT2D eigenvalue weighted by Crippen LogP contribution is -2.36. The van der Waals surface area contributed by atoms with E-state index < -0.39 is 5.92 Å². The number of hydrazine groups is 1. The number of amidine groups is 1. The van der Waals surface area contributed by atoms with Gasteiger partial charge < -0.3 is 5.32 Å². The van der Waals surface area contributed by atoms with Gasteiger partial charge in [0.25, 0.3) is 5.91 Å². The van der Waals surface area contributed by atoms with Gasteiger partial charge in [0.15, 0.2) is 0 Å². The summed E-state index contributed by atoms with van der Waals surface area (Å²) in [7, 11) is 0. The highest BCUT2D eigenvalue weighted by Gasteiger charge is 2.42. The van der Waals surface area contributed by atoms with E-state index in [4.69, 9.17) is 51.4 Å². The Morgan fingerprint density at radius 3 is 2.13 bits per heavy atom. The van der Waals surface area contributed by atoms with Gasteiger partial charge in [0.05, 0.1) is 32.6 Å². The van der Waals surface area contributed by atoms with Gasteiger partial charge in [-0.25, -0.2) is 10.0 Å². The number of aryl methyl sites for hydroxylation is 1. The smallest absolute Gasteiger partial charge is 0.262 e. The van der Waals surface area contributed by atoms with Crippen molar-refractivity contribution in [1.82, 2.24) is 15.6 Å². The molecule has 1 aliphatic rings. The molecule has 12 heteroatoms. The fourth-order valence-corrected chi connectivity index (χ4v) is 6.52. The van der Waals surface area contributed by atoms with E-state index in [1.807, 2.05) is 6.92 Å². The largest absolute Gasteiger partial charge is 0.326 e. The molecule has 2 amide bonds. The first-order chi connectivity index (χ1) is 21.7. The third-order valence-corrected chi connectivity index (χ3v) is 8.92. The maximum atomic E-state index is 13.8. The van der Waals surface area contributed by atoms with E-state index in [2.05, 4.69) is 27.9 Å². The SMILES string of the molecule is CCCCCCCCCCCCCC(=O)Nc1ccc(Cl)c(N=C2NN(c3c(Cl)cc(Cl)cc3Cl)C(=O)C2c2[nH]ncc2C)c1. The highest BCUT2D eigenvalue weighted by atomic mass is 35.5. The molecule has 0 bridgehead atoms. The molecule has 4 rings (SSSR count). The zero-order valence-corrected chi connectivity index (χ0v) is 28.7. The summed E-state index contributed by atoms with van der Waals surface area (Å²) in [6.45, 7) is 4.08. The number of H-pyrrole nitrogens is 1. The van der Waals surface area contributed by atoms with Crippen LogP contribution in [0.2, 0.25) is 20.1 Å². The number of aromatic nitrogens is 2. The maximum Gasteiger partial charge on any atom is 0.262 e. The van der Waals surface area contributed by atoms with Crippen LogP contribution >= 0.6 is 46.4 Å². The first kappa shape index (κ1) is 35.1. The van der Waals surface area contributed by atoms with Gasteiger partial charge in [-0.05, 0) is 49.2 Å². The minimum atomic E-state index is -0.870. The molecule has 45 heavy (non-hydrogen) atoms. The van der Waals surface area contributed by atoms with Crippen molar-refractivity contribution in [2.24, 2.45) is 4.99 Å². The quantitative estimate of drug-likeness (QED) is 0.130. The minimum absolute atomic E-state index is 0.0647. The number of hydrogen-bond acceptors (Lipinski definition) is 4. The molecule has 2 aromatic carbocycles. The van der Waals surface area contributed by atoms with E-state index >= 15 is 0 Å². The van der Waals surface area contributed by atoms with Crippen LogP contribution in [0.1, 0.15) is 101 Å². The van der Waals surface area contributed by atoms with Crippen LogP contribution in [0.5, 0.6) is 0 Å².